The Morgan fingerprint density at radius 3 is 2.67 bits per heavy atom. The summed E-state index contributed by atoms with van der Waals surface area (Å²) >= 11 is 3.42. The van der Waals surface area contributed by atoms with Gasteiger partial charge in [-0.05, 0) is 66.6 Å². The number of oxazole rings is 1. The van der Waals surface area contributed by atoms with Crippen molar-refractivity contribution in [2.24, 2.45) is 5.92 Å². The van der Waals surface area contributed by atoms with Crippen LogP contribution >= 0.6 is 15.9 Å². The highest BCUT2D eigenvalue weighted by atomic mass is 79.9. The number of fused-ring (bicyclic) bond motifs is 1. The molecule has 0 saturated heterocycles. The number of hydrogen-bond acceptors (Lipinski definition) is 4. The average Bonchev–Trinajstić information content (AvgIpc) is 3.16. The Labute approximate surface area is 183 Å². The van der Waals surface area contributed by atoms with Crippen molar-refractivity contribution in [1.82, 2.24) is 4.98 Å². The van der Waals surface area contributed by atoms with E-state index >= 15 is 0 Å². The molecule has 1 heterocycles. The van der Waals surface area contributed by atoms with E-state index in [1.165, 1.54) is 0 Å². The number of amides is 1. The molecular formula is C24H21BrN2O3. The molecule has 0 atom stereocenters. The highest BCUT2D eigenvalue weighted by Crippen LogP contribution is 2.27. The first-order chi connectivity index (χ1) is 14.5. The highest BCUT2D eigenvalue weighted by molar-refractivity contribution is 9.10. The van der Waals surface area contributed by atoms with E-state index in [9.17, 15) is 4.79 Å². The van der Waals surface area contributed by atoms with E-state index in [1.54, 1.807) is 24.3 Å². The second-order valence-electron chi connectivity index (χ2n) is 7.40. The first-order valence-corrected chi connectivity index (χ1v) is 10.5. The Hall–Kier alpha value is -3.12. The molecule has 0 saturated carbocycles. The largest absolute Gasteiger partial charge is 0.493 e. The van der Waals surface area contributed by atoms with Crippen molar-refractivity contribution in [3.05, 3.63) is 76.8 Å². The van der Waals surface area contributed by atoms with Gasteiger partial charge in [-0.25, -0.2) is 4.98 Å². The monoisotopic (exact) mass is 464 g/mol. The molecule has 0 aliphatic carbocycles. The Morgan fingerprint density at radius 1 is 1.10 bits per heavy atom. The molecule has 3 aromatic carbocycles. The lowest BCUT2D eigenvalue weighted by Crippen LogP contribution is -2.12. The van der Waals surface area contributed by atoms with Crippen molar-refractivity contribution in [3.63, 3.8) is 0 Å². The second kappa shape index (κ2) is 8.71. The number of rotatable bonds is 6. The number of anilines is 1. The van der Waals surface area contributed by atoms with Crippen molar-refractivity contribution >= 4 is 38.6 Å². The molecule has 0 aliphatic heterocycles. The molecule has 0 bridgehead atoms. The van der Waals surface area contributed by atoms with E-state index in [1.807, 2.05) is 42.5 Å². The van der Waals surface area contributed by atoms with Gasteiger partial charge in [0.2, 0.25) is 5.89 Å². The number of halogens is 1. The Kier molecular flexibility index (Phi) is 5.86. The smallest absolute Gasteiger partial charge is 0.255 e. The molecule has 152 valence electrons. The third-order valence-corrected chi connectivity index (χ3v) is 4.94. The summed E-state index contributed by atoms with van der Waals surface area (Å²) in [6.07, 6.45) is 0. The predicted octanol–water partition coefficient (Wildman–Crippen LogP) is 6.54. The first-order valence-electron chi connectivity index (χ1n) is 9.69. The Balaban J connectivity index is 1.52. The van der Waals surface area contributed by atoms with Crippen molar-refractivity contribution in [1.29, 1.82) is 0 Å². The van der Waals surface area contributed by atoms with Gasteiger partial charge in [0.1, 0.15) is 11.3 Å². The number of carbonyl (C=O) groups excluding carboxylic acids is 1. The maximum Gasteiger partial charge on any atom is 0.255 e. The van der Waals surface area contributed by atoms with Gasteiger partial charge in [-0.2, -0.15) is 0 Å². The zero-order valence-corrected chi connectivity index (χ0v) is 18.3. The molecule has 30 heavy (non-hydrogen) atoms. The molecule has 0 spiro atoms. The standard InChI is InChI=1S/C24H21BrN2O3/c1-15(2)14-29-20-5-3-4-17(12-20)23(28)26-19-10-11-22-21(13-19)27-24(30-22)16-6-8-18(25)9-7-16/h3-13,15H,14H2,1-2H3,(H,26,28). The Morgan fingerprint density at radius 2 is 1.90 bits per heavy atom. The summed E-state index contributed by atoms with van der Waals surface area (Å²) in [5.41, 5.74) is 3.41. The zero-order chi connectivity index (χ0) is 21.1. The lowest BCUT2D eigenvalue weighted by atomic mass is 10.2. The Bertz CT molecular complexity index is 1180. The molecule has 0 aliphatic rings. The van der Waals surface area contributed by atoms with Gasteiger partial charge in [-0.1, -0.05) is 35.8 Å². The fourth-order valence-corrected chi connectivity index (χ4v) is 3.18. The van der Waals surface area contributed by atoms with Crippen LogP contribution in [0.4, 0.5) is 5.69 Å². The van der Waals surface area contributed by atoms with Gasteiger partial charge in [0.05, 0.1) is 6.61 Å². The number of benzene rings is 3. The molecule has 0 radical (unpaired) electrons. The minimum Gasteiger partial charge on any atom is -0.493 e. The topological polar surface area (TPSA) is 64.4 Å². The summed E-state index contributed by atoms with van der Waals surface area (Å²) in [6.45, 7) is 4.77. The first kappa shape index (κ1) is 20.2. The average molecular weight is 465 g/mol. The summed E-state index contributed by atoms with van der Waals surface area (Å²) in [4.78, 5) is 17.2. The van der Waals surface area contributed by atoms with Crippen molar-refractivity contribution in [2.45, 2.75) is 13.8 Å². The van der Waals surface area contributed by atoms with Gasteiger partial charge >= 0.3 is 0 Å². The molecule has 1 amide bonds. The lowest BCUT2D eigenvalue weighted by molar-refractivity contribution is 0.102. The molecule has 1 N–H and O–H groups in total. The van der Waals surface area contributed by atoms with Crippen LogP contribution < -0.4 is 10.1 Å². The van der Waals surface area contributed by atoms with Crippen LogP contribution in [0.25, 0.3) is 22.6 Å². The van der Waals surface area contributed by atoms with Gasteiger partial charge < -0.3 is 14.5 Å². The SMILES string of the molecule is CC(C)COc1cccc(C(=O)Nc2ccc3oc(-c4ccc(Br)cc4)nc3c2)c1. The van der Waals surface area contributed by atoms with Crippen LogP contribution in [0, 0.1) is 5.92 Å². The molecular weight excluding hydrogens is 444 g/mol. The van der Waals surface area contributed by atoms with Crippen molar-refractivity contribution in [2.75, 3.05) is 11.9 Å². The molecule has 4 aromatic rings. The summed E-state index contributed by atoms with van der Waals surface area (Å²) in [6, 6.07) is 20.3. The summed E-state index contributed by atoms with van der Waals surface area (Å²) < 4.78 is 12.5. The normalized spacial score (nSPS) is 11.1. The number of carbonyl (C=O) groups is 1. The van der Waals surface area contributed by atoms with Gasteiger partial charge in [-0.3, -0.25) is 4.79 Å². The van der Waals surface area contributed by atoms with Crippen LogP contribution in [0.5, 0.6) is 5.75 Å². The minimum atomic E-state index is -0.207. The van der Waals surface area contributed by atoms with Crippen LogP contribution in [-0.2, 0) is 0 Å². The number of ether oxygens (including phenoxy) is 1. The van der Waals surface area contributed by atoms with Gasteiger partial charge in [-0.15, -0.1) is 0 Å². The molecule has 0 fully saturated rings. The minimum absolute atomic E-state index is 0.207. The number of aromatic nitrogens is 1. The van der Waals surface area contributed by atoms with Crippen LogP contribution in [0.15, 0.2) is 75.6 Å². The number of hydrogen-bond donors (Lipinski definition) is 1. The van der Waals surface area contributed by atoms with E-state index in [2.05, 4.69) is 40.1 Å². The highest BCUT2D eigenvalue weighted by Gasteiger charge is 2.12. The maximum atomic E-state index is 12.7. The van der Waals surface area contributed by atoms with E-state index in [0.29, 0.717) is 46.5 Å². The fraction of sp³-hybridized carbons (Fsp3) is 0.167. The van der Waals surface area contributed by atoms with Crippen molar-refractivity contribution in [3.8, 4) is 17.2 Å². The predicted molar refractivity (Wildman–Crippen MR) is 122 cm³/mol. The van der Waals surface area contributed by atoms with Crippen molar-refractivity contribution < 1.29 is 13.9 Å². The third-order valence-electron chi connectivity index (χ3n) is 4.42. The van der Waals surface area contributed by atoms with Crippen LogP contribution in [0.2, 0.25) is 0 Å². The van der Waals surface area contributed by atoms with E-state index < -0.39 is 0 Å². The maximum absolute atomic E-state index is 12.7. The van der Waals surface area contributed by atoms with Crippen LogP contribution in [0.1, 0.15) is 24.2 Å². The van der Waals surface area contributed by atoms with E-state index in [0.717, 1.165) is 10.0 Å². The zero-order valence-electron chi connectivity index (χ0n) is 16.7. The molecule has 0 unspecified atom stereocenters. The van der Waals surface area contributed by atoms with Gasteiger partial charge in [0.25, 0.3) is 5.91 Å². The van der Waals surface area contributed by atoms with E-state index in [-0.39, 0.29) is 5.91 Å². The molecule has 4 rings (SSSR count). The van der Waals surface area contributed by atoms with Crippen LogP contribution in [0.3, 0.4) is 0 Å². The van der Waals surface area contributed by atoms with Crippen LogP contribution in [-0.4, -0.2) is 17.5 Å². The molecule has 1 aromatic heterocycles. The second-order valence-corrected chi connectivity index (χ2v) is 8.31. The molecule has 6 heteroatoms. The lowest BCUT2D eigenvalue weighted by Gasteiger charge is -2.10. The summed E-state index contributed by atoms with van der Waals surface area (Å²) in [5.74, 6) is 1.43. The quantitative estimate of drug-likeness (QED) is 0.351. The number of nitrogens with zero attached hydrogens (tertiary/aromatic N) is 1. The van der Waals surface area contributed by atoms with Gasteiger partial charge in [0.15, 0.2) is 5.58 Å². The molecule has 5 nitrogen and oxygen atoms in total. The fourth-order valence-electron chi connectivity index (χ4n) is 2.91. The third kappa shape index (κ3) is 4.71. The summed E-state index contributed by atoms with van der Waals surface area (Å²) in [7, 11) is 0. The van der Waals surface area contributed by atoms with E-state index in [4.69, 9.17) is 9.15 Å². The summed E-state index contributed by atoms with van der Waals surface area (Å²) in [5, 5.41) is 2.92. The van der Waals surface area contributed by atoms with Gasteiger partial charge in [0, 0.05) is 21.3 Å². The number of nitrogens with one attached hydrogen (secondary N) is 1.